The van der Waals surface area contributed by atoms with Gasteiger partial charge in [-0.3, -0.25) is 4.79 Å². The van der Waals surface area contributed by atoms with Crippen LogP contribution in [0.25, 0.3) is 0 Å². The first kappa shape index (κ1) is 14.5. The van der Waals surface area contributed by atoms with E-state index in [1.54, 1.807) is 14.1 Å². The van der Waals surface area contributed by atoms with Crippen molar-refractivity contribution >= 4 is 21.6 Å². The van der Waals surface area contributed by atoms with E-state index >= 15 is 0 Å². The minimum Gasteiger partial charge on any atom is -0.399 e. The number of benzene rings is 1. The number of nitrogens with two attached hydrogens (primary N) is 1. The van der Waals surface area contributed by atoms with Crippen LogP contribution in [-0.2, 0) is 10.0 Å². The lowest BCUT2D eigenvalue weighted by Gasteiger charge is -2.17. The monoisotopic (exact) mass is 271 g/mol. The molecule has 1 rings (SSSR count). The Morgan fingerprint density at radius 3 is 2.17 bits per heavy atom. The Bertz CT molecular complexity index is 565. The zero-order chi connectivity index (χ0) is 14.1. The fourth-order valence-electron chi connectivity index (χ4n) is 1.37. The SMILES string of the molecule is CN(C)C(=O)c1ccc(N)cc1S(=O)(=O)N(C)C. The highest BCUT2D eigenvalue weighted by Crippen LogP contribution is 2.22. The zero-order valence-electron chi connectivity index (χ0n) is 10.8. The molecule has 0 fully saturated rings. The number of anilines is 1. The summed E-state index contributed by atoms with van der Waals surface area (Å²) in [6.45, 7) is 0. The Balaban J connectivity index is 3.52. The van der Waals surface area contributed by atoms with Gasteiger partial charge in [-0.05, 0) is 18.2 Å². The van der Waals surface area contributed by atoms with Gasteiger partial charge >= 0.3 is 0 Å². The highest BCUT2D eigenvalue weighted by Gasteiger charge is 2.25. The Hall–Kier alpha value is -1.60. The smallest absolute Gasteiger partial charge is 0.254 e. The van der Waals surface area contributed by atoms with Gasteiger partial charge in [0, 0.05) is 33.9 Å². The number of nitrogens with zero attached hydrogens (tertiary/aromatic N) is 2. The van der Waals surface area contributed by atoms with Crippen LogP contribution < -0.4 is 5.73 Å². The zero-order valence-corrected chi connectivity index (χ0v) is 11.7. The van der Waals surface area contributed by atoms with Gasteiger partial charge in [0.1, 0.15) is 0 Å². The van der Waals surface area contributed by atoms with Crippen LogP contribution in [0, 0.1) is 0 Å². The number of nitrogen functional groups attached to an aromatic ring is 1. The Morgan fingerprint density at radius 1 is 1.17 bits per heavy atom. The molecule has 0 radical (unpaired) electrons. The molecule has 1 aromatic carbocycles. The van der Waals surface area contributed by atoms with Gasteiger partial charge in [-0.25, -0.2) is 12.7 Å². The maximum Gasteiger partial charge on any atom is 0.254 e. The van der Waals surface area contributed by atoms with E-state index in [1.807, 2.05) is 0 Å². The highest BCUT2D eigenvalue weighted by molar-refractivity contribution is 7.89. The predicted octanol–water partition coefficient (Wildman–Crippen LogP) is 0.221. The summed E-state index contributed by atoms with van der Waals surface area (Å²) >= 11 is 0. The molecule has 0 aliphatic carbocycles. The minimum absolute atomic E-state index is 0.0776. The molecule has 100 valence electrons. The van der Waals surface area contributed by atoms with E-state index in [4.69, 9.17) is 5.73 Å². The molecule has 6 nitrogen and oxygen atoms in total. The van der Waals surface area contributed by atoms with Gasteiger partial charge in [-0.15, -0.1) is 0 Å². The van der Waals surface area contributed by atoms with E-state index < -0.39 is 10.0 Å². The molecular weight excluding hydrogens is 254 g/mol. The van der Waals surface area contributed by atoms with E-state index in [0.29, 0.717) is 5.69 Å². The number of carbonyl (C=O) groups excluding carboxylic acids is 1. The number of amides is 1. The lowest BCUT2D eigenvalue weighted by molar-refractivity contribution is 0.0824. The van der Waals surface area contributed by atoms with Crippen molar-refractivity contribution in [1.82, 2.24) is 9.21 Å². The molecule has 0 aromatic heterocycles. The van der Waals surface area contributed by atoms with Crippen molar-refractivity contribution in [3.8, 4) is 0 Å². The van der Waals surface area contributed by atoms with Gasteiger partial charge < -0.3 is 10.6 Å². The number of sulfonamides is 1. The lowest BCUT2D eigenvalue weighted by atomic mass is 10.2. The summed E-state index contributed by atoms with van der Waals surface area (Å²) in [5.41, 5.74) is 6.00. The van der Waals surface area contributed by atoms with Crippen molar-refractivity contribution in [2.24, 2.45) is 0 Å². The first-order valence-corrected chi connectivity index (χ1v) is 6.65. The fraction of sp³-hybridized carbons (Fsp3) is 0.364. The molecule has 0 saturated carbocycles. The third kappa shape index (κ3) is 2.62. The summed E-state index contributed by atoms with van der Waals surface area (Å²) in [5, 5.41) is 0. The van der Waals surface area contributed by atoms with Crippen molar-refractivity contribution in [2.75, 3.05) is 33.9 Å². The van der Waals surface area contributed by atoms with Crippen molar-refractivity contribution in [2.45, 2.75) is 4.90 Å². The van der Waals surface area contributed by atoms with Crippen LogP contribution in [0.1, 0.15) is 10.4 Å². The molecule has 2 N–H and O–H groups in total. The predicted molar refractivity (Wildman–Crippen MR) is 69.7 cm³/mol. The molecule has 0 unspecified atom stereocenters. The first-order chi connectivity index (χ1) is 8.17. The highest BCUT2D eigenvalue weighted by atomic mass is 32.2. The molecule has 0 bridgehead atoms. The number of hydrogen-bond acceptors (Lipinski definition) is 4. The van der Waals surface area contributed by atoms with Crippen molar-refractivity contribution in [3.05, 3.63) is 23.8 Å². The van der Waals surface area contributed by atoms with Crippen molar-refractivity contribution < 1.29 is 13.2 Å². The molecule has 0 spiro atoms. The molecule has 0 heterocycles. The van der Waals surface area contributed by atoms with Gasteiger partial charge in [0.2, 0.25) is 10.0 Å². The van der Waals surface area contributed by atoms with Crippen molar-refractivity contribution in [3.63, 3.8) is 0 Å². The summed E-state index contributed by atoms with van der Waals surface area (Å²) in [6, 6.07) is 4.23. The summed E-state index contributed by atoms with van der Waals surface area (Å²) in [4.78, 5) is 13.2. The molecule has 0 atom stereocenters. The molecule has 0 aliphatic heterocycles. The summed E-state index contributed by atoms with van der Waals surface area (Å²) in [6.07, 6.45) is 0. The van der Waals surface area contributed by atoms with E-state index in [2.05, 4.69) is 0 Å². The maximum atomic E-state index is 12.1. The molecule has 7 heteroatoms. The number of hydrogen-bond donors (Lipinski definition) is 1. The maximum absolute atomic E-state index is 12.1. The minimum atomic E-state index is -3.70. The molecular formula is C11H17N3O3S. The standard InChI is InChI=1S/C11H17N3O3S/c1-13(2)11(15)9-6-5-8(12)7-10(9)18(16,17)14(3)4/h5-7H,12H2,1-4H3. The summed E-state index contributed by atoms with van der Waals surface area (Å²) in [7, 11) is 2.23. The number of rotatable bonds is 3. The largest absolute Gasteiger partial charge is 0.399 e. The Labute approximate surface area is 107 Å². The van der Waals surface area contributed by atoms with Crippen LogP contribution in [0.15, 0.2) is 23.1 Å². The van der Waals surface area contributed by atoms with Gasteiger partial charge in [0.05, 0.1) is 10.5 Å². The van der Waals surface area contributed by atoms with Crippen LogP contribution in [0.4, 0.5) is 5.69 Å². The molecule has 1 amide bonds. The van der Waals surface area contributed by atoms with Gasteiger partial charge in [-0.1, -0.05) is 0 Å². The molecule has 0 aliphatic rings. The van der Waals surface area contributed by atoms with Crippen LogP contribution >= 0.6 is 0 Å². The second-order valence-electron chi connectivity index (χ2n) is 4.24. The molecule has 18 heavy (non-hydrogen) atoms. The van der Waals surface area contributed by atoms with Gasteiger partial charge in [-0.2, -0.15) is 0 Å². The van der Waals surface area contributed by atoms with Crippen molar-refractivity contribution in [1.29, 1.82) is 0 Å². The second-order valence-corrected chi connectivity index (χ2v) is 6.36. The average Bonchev–Trinajstić information content (AvgIpc) is 2.27. The van der Waals surface area contributed by atoms with Gasteiger partial charge in [0.15, 0.2) is 0 Å². The van der Waals surface area contributed by atoms with E-state index in [-0.39, 0.29) is 16.4 Å². The van der Waals surface area contributed by atoms with Crippen LogP contribution in [0.5, 0.6) is 0 Å². The lowest BCUT2D eigenvalue weighted by Crippen LogP contribution is -2.28. The van der Waals surface area contributed by atoms with E-state index in [9.17, 15) is 13.2 Å². The van der Waals surface area contributed by atoms with Gasteiger partial charge in [0.25, 0.3) is 5.91 Å². The molecule has 1 aromatic rings. The Morgan fingerprint density at radius 2 is 1.72 bits per heavy atom. The quantitative estimate of drug-likeness (QED) is 0.797. The normalized spacial score (nSPS) is 11.6. The summed E-state index contributed by atoms with van der Waals surface area (Å²) in [5.74, 6) is -0.379. The fourth-order valence-corrected chi connectivity index (χ4v) is 2.48. The Kier molecular flexibility index (Phi) is 3.98. The second kappa shape index (κ2) is 4.95. The van der Waals surface area contributed by atoms with Crippen LogP contribution in [-0.4, -0.2) is 51.7 Å². The third-order valence-electron chi connectivity index (χ3n) is 2.40. The van der Waals surface area contributed by atoms with Crippen LogP contribution in [0.2, 0.25) is 0 Å². The third-order valence-corrected chi connectivity index (χ3v) is 4.26. The topological polar surface area (TPSA) is 83.7 Å². The molecule has 0 saturated heterocycles. The number of carbonyl (C=O) groups is 1. The van der Waals surface area contributed by atoms with E-state index in [0.717, 1.165) is 4.31 Å². The van der Waals surface area contributed by atoms with Crippen LogP contribution in [0.3, 0.4) is 0 Å². The first-order valence-electron chi connectivity index (χ1n) is 5.21. The van der Waals surface area contributed by atoms with E-state index in [1.165, 1.54) is 37.2 Å². The summed E-state index contributed by atoms with van der Waals surface area (Å²) < 4.78 is 25.3. The average molecular weight is 271 g/mol.